The Labute approximate surface area is 99.8 Å². The van der Waals surface area contributed by atoms with Gasteiger partial charge in [0.05, 0.1) is 0 Å². The smallest absolute Gasteiger partial charge is 0.238 e. The molecule has 2 N–H and O–H groups in total. The van der Waals surface area contributed by atoms with Gasteiger partial charge in [0.1, 0.15) is 0 Å². The lowest BCUT2D eigenvalue weighted by molar-refractivity contribution is 0.365. The molecule has 2 aromatic rings. The van der Waals surface area contributed by atoms with Gasteiger partial charge in [0.15, 0.2) is 5.82 Å². The van der Waals surface area contributed by atoms with Crippen LogP contribution >= 0.6 is 0 Å². The summed E-state index contributed by atoms with van der Waals surface area (Å²) in [7, 11) is 1.89. The lowest BCUT2D eigenvalue weighted by Gasteiger charge is -2.05. The van der Waals surface area contributed by atoms with Crippen molar-refractivity contribution in [3.8, 4) is 11.6 Å². The van der Waals surface area contributed by atoms with Gasteiger partial charge >= 0.3 is 0 Å². The number of aryl methyl sites for hydroxylation is 1. The van der Waals surface area contributed by atoms with E-state index in [1.807, 2.05) is 17.8 Å². The molecule has 0 aliphatic rings. The van der Waals surface area contributed by atoms with Gasteiger partial charge < -0.3 is 14.8 Å². The lowest BCUT2D eigenvalue weighted by atomic mass is 10.1. The zero-order chi connectivity index (χ0) is 12.3. The Bertz CT molecular complexity index is 476. The van der Waals surface area contributed by atoms with Crippen molar-refractivity contribution in [2.24, 2.45) is 12.8 Å². The van der Waals surface area contributed by atoms with Crippen molar-refractivity contribution in [2.45, 2.75) is 32.2 Å². The molecular weight excluding hydrogens is 218 g/mol. The highest BCUT2D eigenvalue weighted by atomic mass is 16.5. The molecule has 1 atom stereocenters. The van der Waals surface area contributed by atoms with E-state index < -0.39 is 0 Å². The number of hydrogen-bond donors (Lipinski definition) is 1. The molecule has 1 unspecified atom stereocenters. The van der Waals surface area contributed by atoms with E-state index in [1.165, 1.54) is 0 Å². The minimum Gasteiger partial charge on any atom is -0.339 e. The van der Waals surface area contributed by atoms with Crippen molar-refractivity contribution >= 4 is 0 Å². The molecular formula is C11H17N5O. The fourth-order valence-electron chi connectivity index (χ4n) is 1.71. The molecule has 17 heavy (non-hydrogen) atoms. The molecule has 0 aliphatic carbocycles. The number of nitrogens with zero attached hydrogens (tertiary/aromatic N) is 4. The Morgan fingerprint density at radius 2 is 2.35 bits per heavy atom. The zero-order valence-electron chi connectivity index (χ0n) is 10.1. The van der Waals surface area contributed by atoms with Gasteiger partial charge in [0.25, 0.3) is 0 Å². The highest BCUT2D eigenvalue weighted by Gasteiger charge is 2.14. The van der Waals surface area contributed by atoms with E-state index in [9.17, 15) is 0 Å². The summed E-state index contributed by atoms with van der Waals surface area (Å²) in [6.07, 6.45) is 6.18. The van der Waals surface area contributed by atoms with Gasteiger partial charge in [-0.25, -0.2) is 4.98 Å². The Morgan fingerprint density at radius 1 is 1.53 bits per heavy atom. The van der Waals surface area contributed by atoms with Crippen molar-refractivity contribution in [1.82, 2.24) is 19.7 Å². The highest BCUT2D eigenvalue weighted by molar-refractivity contribution is 5.42. The Kier molecular flexibility index (Phi) is 3.53. The zero-order valence-corrected chi connectivity index (χ0v) is 10.1. The predicted octanol–water partition coefficient (Wildman–Crippen LogP) is 1.14. The summed E-state index contributed by atoms with van der Waals surface area (Å²) in [5, 5.41) is 3.91. The van der Waals surface area contributed by atoms with Gasteiger partial charge in [-0.05, 0) is 6.42 Å². The van der Waals surface area contributed by atoms with Gasteiger partial charge in [-0.1, -0.05) is 18.5 Å². The van der Waals surface area contributed by atoms with Gasteiger partial charge in [0, 0.05) is 31.9 Å². The topological polar surface area (TPSA) is 82.8 Å². The summed E-state index contributed by atoms with van der Waals surface area (Å²) in [4.78, 5) is 8.46. The molecule has 0 aromatic carbocycles. The van der Waals surface area contributed by atoms with Crippen LogP contribution in [0, 0.1) is 0 Å². The summed E-state index contributed by atoms with van der Waals surface area (Å²) in [5.41, 5.74) is 5.93. The number of hydrogen-bond acceptors (Lipinski definition) is 5. The molecule has 2 heterocycles. The lowest BCUT2D eigenvalue weighted by Crippen LogP contribution is -2.22. The van der Waals surface area contributed by atoms with Crippen LogP contribution in [0.1, 0.15) is 25.7 Å². The van der Waals surface area contributed by atoms with Crippen molar-refractivity contribution in [3.05, 3.63) is 18.3 Å². The second-order valence-electron chi connectivity index (χ2n) is 4.13. The first-order valence-corrected chi connectivity index (χ1v) is 5.76. The molecule has 92 valence electrons. The summed E-state index contributed by atoms with van der Waals surface area (Å²) in [5.74, 6) is 1.78. The molecule has 0 saturated carbocycles. The average molecular weight is 235 g/mol. The first kappa shape index (κ1) is 11.8. The normalized spacial score (nSPS) is 12.9. The second-order valence-corrected chi connectivity index (χ2v) is 4.13. The van der Waals surface area contributed by atoms with Crippen molar-refractivity contribution in [1.29, 1.82) is 0 Å². The monoisotopic (exact) mass is 235 g/mol. The summed E-state index contributed by atoms with van der Waals surface area (Å²) < 4.78 is 7.01. The van der Waals surface area contributed by atoms with E-state index in [1.54, 1.807) is 6.20 Å². The van der Waals surface area contributed by atoms with E-state index in [4.69, 9.17) is 10.3 Å². The third-order valence-corrected chi connectivity index (χ3v) is 2.59. The van der Waals surface area contributed by atoms with E-state index in [0.29, 0.717) is 24.0 Å². The molecule has 2 rings (SSSR count). The predicted molar refractivity (Wildman–Crippen MR) is 63.1 cm³/mol. The van der Waals surface area contributed by atoms with Gasteiger partial charge in [-0.2, -0.15) is 4.98 Å². The van der Waals surface area contributed by atoms with Crippen LogP contribution in [0.2, 0.25) is 0 Å². The Balaban J connectivity index is 2.09. The standard InChI is InChI=1S/C11H17N5O/c1-3-4-8(12)7-9-14-10(15-17-9)11-13-5-6-16(11)2/h5-6,8H,3-4,7,12H2,1-2H3. The molecule has 0 radical (unpaired) electrons. The molecule has 0 amide bonds. The third kappa shape index (κ3) is 2.71. The van der Waals surface area contributed by atoms with Crippen molar-refractivity contribution < 1.29 is 4.52 Å². The van der Waals surface area contributed by atoms with Crippen molar-refractivity contribution in [2.75, 3.05) is 0 Å². The summed E-state index contributed by atoms with van der Waals surface area (Å²) in [6.45, 7) is 2.10. The van der Waals surface area contributed by atoms with Gasteiger partial charge in [0.2, 0.25) is 11.7 Å². The van der Waals surface area contributed by atoms with E-state index in [2.05, 4.69) is 22.0 Å². The van der Waals surface area contributed by atoms with Gasteiger partial charge in [-0.3, -0.25) is 0 Å². The quantitative estimate of drug-likeness (QED) is 0.840. The average Bonchev–Trinajstić information content (AvgIpc) is 2.87. The molecule has 6 heteroatoms. The number of nitrogens with two attached hydrogens (primary N) is 1. The SMILES string of the molecule is CCCC(N)Cc1nc(-c2nccn2C)no1. The summed E-state index contributed by atoms with van der Waals surface area (Å²) >= 11 is 0. The van der Waals surface area contributed by atoms with E-state index >= 15 is 0 Å². The number of imidazole rings is 1. The van der Waals surface area contributed by atoms with Crippen LogP contribution < -0.4 is 5.73 Å². The van der Waals surface area contributed by atoms with Crippen LogP contribution in [0.25, 0.3) is 11.6 Å². The van der Waals surface area contributed by atoms with E-state index in [0.717, 1.165) is 12.8 Å². The van der Waals surface area contributed by atoms with Crippen LogP contribution in [-0.4, -0.2) is 25.7 Å². The molecule has 0 saturated heterocycles. The number of rotatable bonds is 5. The molecule has 0 fully saturated rings. The molecule has 2 aromatic heterocycles. The molecule has 6 nitrogen and oxygen atoms in total. The summed E-state index contributed by atoms with van der Waals surface area (Å²) in [6, 6.07) is 0.0784. The minimum absolute atomic E-state index is 0.0784. The van der Waals surface area contributed by atoms with Crippen LogP contribution in [0.3, 0.4) is 0 Å². The maximum absolute atomic E-state index is 5.93. The minimum atomic E-state index is 0.0784. The Hall–Kier alpha value is -1.69. The maximum atomic E-state index is 5.93. The Morgan fingerprint density at radius 3 is 3.00 bits per heavy atom. The fourth-order valence-corrected chi connectivity index (χ4v) is 1.71. The van der Waals surface area contributed by atoms with E-state index in [-0.39, 0.29) is 6.04 Å². The van der Waals surface area contributed by atoms with Crippen LogP contribution in [0.15, 0.2) is 16.9 Å². The molecule has 0 bridgehead atoms. The first-order chi connectivity index (χ1) is 8.20. The third-order valence-electron chi connectivity index (χ3n) is 2.59. The second kappa shape index (κ2) is 5.09. The molecule has 0 aliphatic heterocycles. The van der Waals surface area contributed by atoms with Crippen LogP contribution in [0.4, 0.5) is 0 Å². The first-order valence-electron chi connectivity index (χ1n) is 5.76. The highest BCUT2D eigenvalue weighted by Crippen LogP contribution is 2.13. The largest absolute Gasteiger partial charge is 0.339 e. The van der Waals surface area contributed by atoms with Gasteiger partial charge in [-0.15, -0.1) is 0 Å². The van der Waals surface area contributed by atoms with Crippen LogP contribution in [-0.2, 0) is 13.5 Å². The molecule has 0 spiro atoms. The van der Waals surface area contributed by atoms with Crippen LogP contribution in [0.5, 0.6) is 0 Å². The van der Waals surface area contributed by atoms with Crippen molar-refractivity contribution in [3.63, 3.8) is 0 Å². The number of aromatic nitrogens is 4. The maximum Gasteiger partial charge on any atom is 0.238 e. The fraction of sp³-hybridized carbons (Fsp3) is 0.545.